The number of rotatable bonds is 6. The van der Waals surface area contributed by atoms with Gasteiger partial charge >= 0.3 is 5.97 Å². The number of ether oxygens (including phenoxy) is 2. The first kappa shape index (κ1) is 13.4. The van der Waals surface area contributed by atoms with Crippen molar-refractivity contribution < 1.29 is 14.3 Å². The summed E-state index contributed by atoms with van der Waals surface area (Å²) in [5.74, 6) is 0.634. The zero-order valence-corrected chi connectivity index (χ0v) is 10.5. The summed E-state index contributed by atoms with van der Waals surface area (Å²) in [6.07, 6.45) is 0.351. The number of carbonyl (C=O) groups excluding carboxylic acids is 1. The summed E-state index contributed by atoms with van der Waals surface area (Å²) in [6, 6.07) is 7.70. The predicted octanol–water partition coefficient (Wildman–Crippen LogP) is 2.45. The third-order valence-corrected chi connectivity index (χ3v) is 2.28. The zero-order chi connectivity index (χ0) is 12.7. The Morgan fingerprint density at radius 2 is 2.00 bits per heavy atom. The fourth-order valence-electron chi connectivity index (χ4n) is 1.48. The average Bonchev–Trinajstić information content (AvgIpc) is 2.31. The first-order chi connectivity index (χ1) is 8.15. The first-order valence-electron chi connectivity index (χ1n) is 5.72. The topological polar surface area (TPSA) is 47.6 Å². The molecule has 0 aromatic heterocycles. The van der Waals surface area contributed by atoms with Crippen LogP contribution >= 0.6 is 0 Å². The maximum atomic E-state index is 11.1. The molecule has 0 aliphatic heterocycles. The van der Waals surface area contributed by atoms with Gasteiger partial charge in [0.2, 0.25) is 0 Å². The number of hydrogen-bond acceptors (Lipinski definition) is 4. The van der Waals surface area contributed by atoms with Crippen molar-refractivity contribution in [2.24, 2.45) is 0 Å². The maximum Gasteiger partial charge on any atom is 0.307 e. The van der Waals surface area contributed by atoms with Gasteiger partial charge in [0, 0.05) is 11.7 Å². The van der Waals surface area contributed by atoms with Crippen molar-refractivity contribution >= 4 is 11.7 Å². The van der Waals surface area contributed by atoms with E-state index in [2.05, 4.69) is 10.1 Å². The SMILES string of the molecule is CCOc1ccc(NC(C)CC(=O)OC)cc1. The van der Waals surface area contributed by atoms with Gasteiger partial charge in [-0.15, -0.1) is 0 Å². The Kier molecular flexibility index (Phi) is 5.33. The highest BCUT2D eigenvalue weighted by Crippen LogP contribution is 2.16. The molecule has 0 aliphatic carbocycles. The minimum absolute atomic E-state index is 0.0420. The van der Waals surface area contributed by atoms with Crippen LogP contribution in [0.15, 0.2) is 24.3 Å². The summed E-state index contributed by atoms with van der Waals surface area (Å²) < 4.78 is 9.96. The van der Waals surface area contributed by atoms with E-state index >= 15 is 0 Å². The molecule has 1 atom stereocenters. The Balaban J connectivity index is 2.48. The molecule has 1 aromatic rings. The number of benzene rings is 1. The van der Waals surface area contributed by atoms with Crippen LogP contribution in [0.3, 0.4) is 0 Å². The van der Waals surface area contributed by atoms with Crippen LogP contribution in [0.1, 0.15) is 20.3 Å². The monoisotopic (exact) mass is 237 g/mol. The summed E-state index contributed by atoms with van der Waals surface area (Å²) in [5, 5.41) is 3.22. The molecule has 1 aromatic carbocycles. The van der Waals surface area contributed by atoms with Crippen LogP contribution < -0.4 is 10.1 Å². The lowest BCUT2D eigenvalue weighted by atomic mass is 10.2. The van der Waals surface area contributed by atoms with E-state index in [1.807, 2.05) is 38.1 Å². The second-order valence-corrected chi connectivity index (χ2v) is 3.78. The molecule has 0 saturated carbocycles. The maximum absolute atomic E-state index is 11.1. The van der Waals surface area contributed by atoms with Crippen LogP contribution in [0, 0.1) is 0 Å². The highest BCUT2D eigenvalue weighted by atomic mass is 16.5. The quantitative estimate of drug-likeness (QED) is 0.772. The Hall–Kier alpha value is -1.71. The number of anilines is 1. The lowest BCUT2D eigenvalue weighted by Gasteiger charge is -2.14. The Morgan fingerprint density at radius 3 is 2.53 bits per heavy atom. The lowest BCUT2D eigenvalue weighted by Crippen LogP contribution is -2.20. The molecule has 1 rings (SSSR count). The van der Waals surface area contributed by atoms with Crippen molar-refractivity contribution in [2.75, 3.05) is 19.0 Å². The van der Waals surface area contributed by atoms with Crippen LogP contribution in [0.2, 0.25) is 0 Å². The van der Waals surface area contributed by atoms with Gasteiger partial charge in [-0.2, -0.15) is 0 Å². The fourth-order valence-corrected chi connectivity index (χ4v) is 1.48. The van der Waals surface area contributed by atoms with Gasteiger partial charge in [-0.05, 0) is 38.1 Å². The molecule has 1 N–H and O–H groups in total. The van der Waals surface area contributed by atoms with Crippen molar-refractivity contribution in [1.29, 1.82) is 0 Å². The summed E-state index contributed by atoms with van der Waals surface area (Å²) in [5.41, 5.74) is 0.963. The van der Waals surface area contributed by atoms with E-state index in [4.69, 9.17) is 4.74 Å². The number of hydrogen-bond donors (Lipinski definition) is 1. The molecule has 0 spiro atoms. The van der Waals surface area contributed by atoms with Crippen LogP contribution in [0.25, 0.3) is 0 Å². The van der Waals surface area contributed by atoms with Gasteiger partial charge in [0.05, 0.1) is 20.1 Å². The number of nitrogens with one attached hydrogen (secondary N) is 1. The largest absolute Gasteiger partial charge is 0.494 e. The Labute approximate surface area is 102 Å². The summed E-state index contributed by atoms with van der Waals surface area (Å²) in [7, 11) is 1.39. The highest BCUT2D eigenvalue weighted by Gasteiger charge is 2.08. The number of esters is 1. The third kappa shape index (κ3) is 4.76. The van der Waals surface area contributed by atoms with Crippen molar-refractivity contribution in [2.45, 2.75) is 26.3 Å². The summed E-state index contributed by atoms with van der Waals surface area (Å²) in [6.45, 7) is 4.55. The molecule has 0 saturated heterocycles. The molecule has 0 fully saturated rings. The minimum atomic E-state index is -0.212. The van der Waals surface area contributed by atoms with E-state index in [9.17, 15) is 4.79 Å². The molecule has 4 heteroatoms. The van der Waals surface area contributed by atoms with Gasteiger partial charge in [0.15, 0.2) is 0 Å². The molecule has 0 bridgehead atoms. The van der Waals surface area contributed by atoms with E-state index in [0.717, 1.165) is 11.4 Å². The molecular weight excluding hydrogens is 218 g/mol. The van der Waals surface area contributed by atoms with E-state index in [1.165, 1.54) is 7.11 Å². The van der Waals surface area contributed by atoms with Crippen LogP contribution in [-0.2, 0) is 9.53 Å². The lowest BCUT2D eigenvalue weighted by molar-refractivity contribution is -0.140. The molecule has 94 valence electrons. The molecule has 0 aliphatic rings. The van der Waals surface area contributed by atoms with Crippen molar-refractivity contribution in [1.82, 2.24) is 0 Å². The zero-order valence-electron chi connectivity index (χ0n) is 10.5. The predicted molar refractivity (Wildman–Crippen MR) is 67.3 cm³/mol. The Morgan fingerprint density at radius 1 is 1.35 bits per heavy atom. The highest BCUT2D eigenvalue weighted by molar-refractivity contribution is 5.70. The first-order valence-corrected chi connectivity index (χ1v) is 5.72. The summed E-state index contributed by atoms with van der Waals surface area (Å²) >= 11 is 0. The molecule has 0 radical (unpaired) electrons. The molecule has 4 nitrogen and oxygen atoms in total. The standard InChI is InChI=1S/C13H19NO3/c1-4-17-12-7-5-11(6-8-12)14-10(2)9-13(15)16-3/h5-8,10,14H,4,9H2,1-3H3. The second kappa shape index (κ2) is 6.78. The molecular formula is C13H19NO3. The number of carbonyl (C=O) groups is 1. The average molecular weight is 237 g/mol. The minimum Gasteiger partial charge on any atom is -0.494 e. The molecule has 17 heavy (non-hydrogen) atoms. The van der Waals surface area contributed by atoms with E-state index in [-0.39, 0.29) is 12.0 Å². The van der Waals surface area contributed by atoms with Crippen molar-refractivity contribution in [3.63, 3.8) is 0 Å². The third-order valence-electron chi connectivity index (χ3n) is 2.28. The van der Waals surface area contributed by atoms with E-state index < -0.39 is 0 Å². The Bertz CT molecular complexity index is 348. The molecule has 0 amide bonds. The smallest absolute Gasteiger partial charge is 0.307 e. The van der Waals surface area contributed by atoms with Gasteiger partial charge < -0.3 is 14.8 Å². The number of methoxy groups -OCH3 is 1. The van der Waals surface area contributed by atoms with Gasteiger partial charge in [-0.1, -0.05) is 0 Å². The van der Waals surface area contributed by atoms with E-state index in [1.54, 1.807) is 0 Å². The fraction of sp³-hybridized carbons (Fsp3) is 0.462. The van der Waals surface area contributed by atoms with Gasteiger partial charge in [-0.3, -0.25) is 4.79 Å². The molecule has 0 heterocycles. The van der Waals surface area contributed by atoms with Crippen LogP contribution in [0.4, 0.5) is 5.69 Å². The normalized spacial score (nSPS) is 11.7. The van der Waals surface area contributed by atoms with Crippen molar-refractivity contribution in [3.8, 4) is 5.75 Å². The van der Waals surface area contributed by atoms with Crippen molar-refractivity contribution in [3.05, 3.63) is 24.3 Å². The second-order valence-electron chi connectivity index (χ2n) is 3.78. The van der Waals surface area contributed by atoms with Gasteiger partial charge in [0.25, 0.3) is 0 Å². The summed E-state index contributed by atoms with van der Waals surface area (Å²) in [4.78, 5) is 11.1. The van der Waals surface area contributed by atoms with E-state index in [0.29, 0.717) is 13.0 Å². The van der Waals surface area contributed by atoms with Gasteiger partial charge in [0.1, 0.15) is 5.75 Å². The van der Waals surface area contributed by atoms with Gasteiger partial charge in [-0.25, -0.2) is 0 Å². The van der Waals surface area contributed by atoms with Crippen LogP contribution in [0.5, 0.6) is 5.75 Å². The van der Waals surface area contributed by atoms with Crippen LogP contribution in [-0.4, -0.2) is 25.7 Å². The molecule has 1 unspecified atom stereocenters.